The van der Waals surface area contributed by atoms with Gasteiger partial charge in [-0.05, 0) is 54.1 Å². The van der Waals surface area contributed by atoms with Crippen molar-refractivity contribution in [3.63, 3.8) is 0 Å². The summed E-state index contributed by atoms with van der Waals surface area (Å²) in [4.78, 5) is 12.5. The number of fused-ring (bicyclic) bond motifs is 1. The Morgan fingerprint density at radius 3 is 2.55 bits per heavy atom. The van der Waals surface area contributed by atoms with E-state index in [1.54, 1.807) is 30.3 Å². The Morgan fingerprint density at radius 1 is 0.935 bits per heavy atom. The van der Waals surface area contributed by atoms with Crippen LogP contribution in [-0.4, -0.2) is 21.1 Å². The molecule has 0 unspecified atom stereocenters. The monoisotopic (exact) mass is 478 g/mol. The molecular formula is C21H16Cl2N2O5S. The molecule has 160 valence electrons. The van der Waals surface area contributed by atoms with Gasteiger partial charge in [0, 0.05) is 17.8 Å². The number of hydrogen-bond donors (Lipinski definition) is 2. The highest BCUT2D eigenvalue weighted by Gasteiger charge is 2.17. The van der Waals surface area contributed by atoms with Crippen LogP contribution in [0, 0.1) is 0 Å². The molecule has 7 nitrogen and oxygen atoms in total. The summed E-state index contributed by atoms with van der Waals surface area (Å²) in [5.41, 5.74) is 1.38. The molecule has 3 aromatic rings. The molecule has 0 radical (unpaired) electrons. The number of nitrogens with one attached hydrogen (secondary N) is 2. The van der Waals surface area contributed by atoms with E-state index in [0.29, 0.717) is 17.1 Å². The summed E-state index contributed by atoms with van der Waals surface area (Å²) in [6, 6.07) is 15.6. The predicted molar refractivity (Wildman–Crippen MR) is 117 cm³/mol. The van der Waals surface area contributed by atoms with E-state index in [1.807, 2.05) is 6.07 Å². The summed E-state index contributed by atoms with van der Waals surface area (Å²) in [5.74, 6) is 0.941. The fourth-order valence-electron chi connectivity index (χ4n) is 2.92. The van der Waals surface area contributed by atoms with Crippen molar-refractivity contribution in [2.24, 2.45) is 0 Å². The number of carbonyl (C=O) groups excluding carboxylic acids is 1. The number of amides is 1. The number of ether oxygens (including phenoxy) is 2. The van der Waals surface area contributed by atoms with Gasteiger partial charge in [0.25, 0.3) is 15.9 Å². The second-order valence-electron chi connectivity index (χ2n) is 6.63. The Morgan fingerprint density at radius 2 is 1.74 bits per heavy atom. The Labute approximate surface area is 188 Å². The summed E-state index contributed by atoms with van der Waals surface area (Å²) in [6.07, 6.45) is 0. The largest absolute Gasteiger partial charge is 0.454 e. The number of sulfonamides is 1. The van der Waals surface area contributed by atoms with Crippen molar-refractivity contribution in [3.05, 3.63) is 81.8 Å². The van der Waals surface area contributed by atoms with E-state index in [0.717, 1.165) is 5.56 Å². The lowest BCUT2D eigenvalue weighted by Gasteiger charge is -2.11. The number of carbonyl (C=O) groups is 1. The maximum absolute atomic E-state index is 12.6. The molecule has 31 heavy (non-hydrogen) atoms. The summed E-state index contributed by atoms with van der Waals surface area (Å²) in [7, 11) is -3.91. The van der Waals surface area contributed by atoms with E-state index in [2.05, 4.69) is 10.0 Å². The van der Waals surface area contributed by atoms with Crippen molar-refractivity contribution in [2.45, 2.75) is 11.4 Å². The van der Waals surface area contributed by atoms with Gasteiger partial charge in [0.1, 0.15) is 0 Å². The maximum atomic E-state index is 12.6. The molecule has 0 aromatic heterocycles. The van der Waals surface area contributed by atoms with E-state index >= 15 is 0 Å². The van der Waals surface area contributed by atoms with E-state index in [-0.39, 0.29) is 39.9 Å². The van der Waals surface area contributed by atoms with Gasteiger partial charge in [-0.2, -0.15) is 0 Å². The van der Waals surface area contributed by atoms with Crippen LogP contribution in [0.15, 0.2) is 65.6 Å². The Kier molecular flexibility index (Phi) is 5.95. The second-order valence-corrected chi connectivity index (χ2v) is 9.13. The zero-order chi connectivity index (χ0) is 22.0. The molecule has 0 atom stereocenters. The molecule has 0 fully saturated rings. The molecule has 1 aliphatic heterocycles. The van der Waals surface area contributed by atoms with Crippen molar-refractivity contribution in [3.8, 4) is 11.5 Å². The number of benzene rings is 3. The number of halogens is 2. The lowest BCUT2D eigenvalue weighted by atomic mass is 10.1. The molecule has 0 bridgehead atoms. The highest BCUT2D eigenvalue weighted by molar-refractivity contribution is 7.92. The maximum Gasteiger partial charge on any atom is 0.261 e. The first-order valence-electron chi connectivity index (χ1n) is 9.06. The second kappa shape index (κ2) is 8.66. The van der Waals surface area contributed by atoms with E-state index in [1.165, 1.54) is 24.3 Å². The van der Waals surface area contributed by atoms with Crippen LogP contribution in [0.4, 0.5) is 5.69 Å². The van der Waals surface area contributed by atoms with E-state index in [9.17, 15) is 13.2 Å². The highest BCUT2D eigenvalue weighted by atomic mass is 35.5. The third-order valence-corrected chi connectivity index (χ3v) is 6.59. The van der Waals surface area contributed by atoms with Crippen LogP contribution in [0.25, 0.3) is 0 Å². The topological polar surface area (TPSA) is 93.7 Å². The molecule has 0 saturated carbocycles. The van der Waals surface area contributed by atoms with Gasteiger partial charge >= 0.3 is 0 Å². The van der Waals surface area contributed by atoms with Gasteiger partial charge in [-0.1, -0.05) is 35.3 Å². The van der Waals surface area contributed by atoms with Crippen LogP contribution in [0.1, 0.15) is 15.9 Å². The van der Waals surface area contributed by atoms with Gasteiger partial charge in [0.15, 0.2) is 11.5 Å². The summed E-state index contributed by atoms with van der Waals surface area (Å²) >= 11 is 11.8. The summed E-state index contributed by atoms with van der Waals surface area (Å²) < 4.78 is 38.3. The third-order valence-electron chi connectivity index (χ3n) is 4.47. The van der Waals surface area contributed by atoms with Crippen LogP contribution in [-0.2, 0) is 16.6 Å². The number of anilines is 1. The molecule has 0 saturated heterocycles. The fourth-order valence-corrected chi connectivity index (χ4v) is 4.36. The molecule has 0 spiro atoms. The van der Waals surface area contributed by atoms with Crippen LogP contribution in [0.3, 0.4) is 0 Å². The van der Waals surface area contributed by atoms with Gasteiger partial charge in [-0.3, -0.25) is 9.52 Å². The summed E-state index contributed by atoms with van der Waals surface area (Å²) in [6.45, 7) is 0.449. The lowest BCUT2D eigenvalue weighted by molar-refractivity contribution is 0.0951. The first kappa shape index (κ1) is 21.3. The van der Waals surface area contributed by atoms with Crippen LogP contribution >= 0.6 is 23.2 Å². The fraction of sp³-hybridized carbons (Fsp3) is 0.0952. The number of hydrogen-bond acceptors (Lipinski definition) is 5. The van der Waals surface area contributed by atoms with Crippen LogP contribution in [0.5, 0.6) is 11.5 Å². The van der Waals surface area contributed by atoms with E-state index in [4.69, 9.17) is 32.7 Å². The standard InChI is InChI=1S/C21H16Cl2N2O5S/c22-17-6-5-16(10-18(17)23)31(27,28)25-15-3-1-2-14(9-15)21(26)24-11-13-4-7-19-20(8-13)30-12-29-19/h1-10,25H,11-12H2,(H,24,26). The zero-order valence-corrected chi connectivity index (χ0v) is 18.2. The predicted octanol–water partition coefficient (Wildman–Crippen LogP) is 4.45. The lowest BCUT2D eigenvalue weighted by Crippen LogP contribution is -2.23. The van der Waals surface area contributed by atoms with E-state index < -0.39 is 10.0 Å². The average molecular weight is 479 g/mol. The van der Waals surface area contributed by atoms with Crippen molar-refractivity contribution in [1.29, 1.82) is 0 Å². The highest BCUT2D eigenvalue weighted by Crippen LogP contribution is 2.32. The number of rotatable bonds is 6. The van der Waals surface area contributed by atoms with Gasteiger partial charge in [-0.15, -0.1) is 0 Å². The quantitative estimate of drug-likeness (QED) is 0.545. The molecule has 0 aliphatic carbocycles. The molecule has 1 amide bonds. The first-order chi connectivity index (χ1) is 14.8. The minimum Gasteiger partial charge on any atom is -0.454 e. The smallest absolute Gasteiger partial charge is 0.261 e. The molecule has 1 heterocycles. The van der Waals surface area contributed by atoms with Crippen molar-refractivity contribution < 1.29 is 22.7 Å². The zero-order valence-electron chi connectivity index (χ0n) is 15.9. The molecule has 10 heteroatoms. The molecule has 4 rings (SSSR count). The normalized spacial score (nSPS) is 12.5. The molecular weight excluding hydrogens is 463 g/mol. The van der Waals surface area contributed by atoms with Crippen LogP contribution < -0.4 is 19.5 Å². The Balaban J connectivity index is 1.44. The molecule has 1 aliphatic rings. The van der Waals surface area contributed by atoms with Crippen molar-refractivity contribution in [1.82, 2.24) is 5.32 Å². The first-order valence-corrected chi connectivity index (χ1v) is 11.3. The van der Waals surface area contributed by atoms with Crippen LogP contribution in [0.2, 0.25) is 10.0 Å². The summed E-state index contributed by atoms with van der Waals surface area (Å²) in [5, 5.41) is 3.17. The average Bonchev–Trinajstić information content (AvgIpc) is 3.21. The molecule has 2 N–H and O–H groups in total. The minimum atomic E-state index is -3.91. The van der Waals surface area contributed by atoms with Crippen molar-refractivity contribution in [2.75, 3.05) is 11.5 Å². The Hall–Kier alpha value is -2.94. The van der Waals surface area contributed by atoms with Gasteiger partial charge in [0.2, 0.25) is 6.79 Å². The van der Waals surface area contributed by atoms with Gasteiger partial charge in [0.05, 0.1) is 14.9 Å². The minimum absolute atomic E-state index is 0.0421. The van der Waals surface area contributed by atoms with Gasteiger partial charge in [-0.25, -0.2) is 8.42 Å². The third kappa shape index (κ3) is 4.87. The van der Waals surface area contributed by atoms with Gasteiger partial charge < -0.3 is 14.8 Å². The SMILES string of the molecule is O=C(NCc1ccc2c(c1)OCO2)c1cccc(NS(=O)(=O)c2ccc(Cl)c(Cl)c2)c1. The Bertz CT molecular complexity index is 1260. The van der Waals surface area contributed by atoms with Crippen molar-refractivity contribution >= 4 is 44.8 Å². The molecule has 3 aromatic carbocycles.